The number of hydrogen-bond donors (Lipinski definition) is 2. The summed E-state index contributed by atoms with van der Waals surface area (Å²) in [4.78, 5) is 11.6. The summed E-state index contributed by atoms with van der Waals surface area (Å²) in [6.07, 6.45) is 5.50. The average Bonchev–Trinajstić information content (AvgIpc) is 2.33. The van der Waals surface area contributed by atoms with Crippen LogP contribution >= 0.6 is 0 Å². The van der Waals surface area contributed by atoms with Crippen LogP contribution in [0.2, 0.25) is 0 Å². The summed E-state index contributed by atoms with van der Waals surface area (Å²) in [7, 11) is 0. The minimum atomic E-state index is -0.497. The van der Waals surface area contributed by atoms with E-state index in [9.17, 15) is 9.90 Å². The first-order valence-electron chi connectivity index (χ1n) is 6.40. The van der Waals surface area contributed by atoms with E-state index in [-0.39, 0.29) is 11.3 Å². The van der Waals surface area contributed by atoms with Crippen LogP contribution in [0.3, 0.4) is 0 Å². The number of esters is 1. The van der Waals surface area contributed by atoms with Crippen LogP contribution in [0.15, 0.2) is 18.2 Å². The van der Waals surface area contributed by atoms with Gasteiger partial charge in [0.05, 0.1) is 6.61 Å². The van der Waals surface area contributed by atoms with Crippen LogP contribution in [0.5, 0.6) is 5.75 Å². The number of benzene rings is 1. The number of phenolic OH excluding ortho intramolecular Hbond substituents is 1. The molecular formula is C14H21NO3. The number of rotatable bonds is 7. The predicted octanol–water partition coefficient (Wildman–Crippen LogP) is 3.10. The molecule has 0 heterocycles. The molecule has 0 spiro atoms. The number of ether oxygens (including phenoxy) is 1. The smallest absolute Gasteiger partial charge is 0.341 e. The zero-order chi connectivity index (χ0) is 13.4. The summed E-state index contributed by atoms with van der Waals surface area (Å²) in [5.74, 6) is -0.631. The van der Waals surface area contributed by atoms with E-state index in [0.717, 1.165) is 12.8 Å². The van der Waals surface area contributed by atoms with Crippen LogP contribution in [0.25, 0.3) is 0 Å². The number of aromatic hydroxyl groups is 1. The van der Waals surface area contributed by atoms with Gasteiger partial charge in [-0.3, -0.25) is 0 Å². The summed E-state index contributed by atoms with van der Waals surface area (Å²) in [6, 6.07) is 4.39. The Hall–Kier alpha value is -1.71. The summed E-state index contributed by atoms with van der Waals surface area (Å²) in [5, 5.41) is 9.55. The second kappa shape index (κ2) is 7.58. The molecule has 1 rings (SSSR count). The SMILES string of the molecule is CCCCCCCOC(=O)c1ccc(N)cc1O. The van der Waals surface area contributed by atoms with E-state index in [1.54, 1.807) is 6.07 Å². The first kappa shape index (κ1) is 14.4. The molecule has 100 valence electrons. The number of hydrogen-bond acceptors (Lipinski definition) is 4. The van der Waals surface area contributed by atoms with Crippen molar-refractivity contribution in [1.29, 1.82) is 0 Å². The van der Waals surface area contributed by atoms with Crippen molar-refractivity contribution in [3.05, 3.63) is 23.8 Å². The van der Waals surface area contributed by atoms with Gasteiger partial charge >= 0.3 is 5.97 Å². The molecule has 0 amide bonds. The molecule has 0 aliphatic carbocycles. The molecule has 0 fully saturated rings. The van der Waals surface area contributed by atoms with Gasteiger partial charge in [-0.15, -0.1) is 0 Å². The van der Waals surface area contributed by atoms with Crippen molar-refractivity contribution in [2.45, 2.75) is 39.0 Å². The normalized spacial score (nSPS) is 10.3. The van der Waals surface area contributed by atoms with Gasteiger partial charge in [0, 0.05) is 11.8 Å². The highest BCUT2D eigenvalue weighted by Gasteiger charge is 2.12. The summed E-state index contributed by atoms with van der Waals surface area (Å²) < 4.78 is 5.09. The molecule has 4 nitrogen and oxygen atoms in total. The van der Waals surface area contributed by atoms with E-state index < -0.39 is 5.97 Å². The molecule has 0 unspecified atom stereocenters. The lowest BCUT2D eigenvalue weighted by atomic mass is 10.1. The number of phenols is 1. The molecule has 0 atom stereocenters. The Morgan fingerprint density at radius 1 is 1.28 bits per heavy atom. The first-order chi connectivity index (χ1) is 8.65. The zero-order valence-electron chi connectivity index (χ0n) is 10.8. The maximum atomic E-state index is 11.6. The van der Waals surface area contributed by atoms with Gasteiger partial charge in [0.15, 0.2) is 0 Å². The molecule has 3 N–H and O–H groups in total. The molecule has 0 saturated heterocycles. The molecule has 0 aliphatic heterocycles. The molecule has 0 bridgehead atoms. The molecule has 1 aromatic carbocycles. The van der Waals surface area contributed by atoms with Gasteiger partial charge in [-0.1, -0.05) is 32.6 Å². The monoisotopic (exact) mass is 251 g/mol. The van der Waals surface area contributed by atoms with E-state index in [0.29, 0.717) is 12.3 Å². The van der Waals surface area contributed by atoms with Crippen molar-refractivity contribution in [3.63, 3.8) is 0 Å². The minimum Gasteiger partial charge on any atom is -0.507 e. The molecule has 0 saturated carbocycles. The van der Waals surface area contributed by atoms with Crippen LogP contribution < -0.4 is 5.73 Å². The van der Waals surface area contributed by atoms with Crippen LogP contribution in [0.4, 0.5) is 5.69 Å². The van der Waals surface area contributed by atoms with Crippen molar-refractivity contribution in [2.24, 2.45) is 0 Å². The molecule has 0 radical (unpaired) electrons. The van der Waals surface area contributed by atoms with E-state index in [1.165, 1.54) is 31.4 Å². The Kier molecular flexibility index (Phi) is 6.05. The van der Waals surface area contributed by atoms with Crippen molar-refractivity contribution >= 4 is 11.7 Å². The van der Waals surface area contributed by atoms with Crippen molar-refractivity contribution in [2.75, 3.05) is 12.3 Å². The second-order valence-corrected chi connectivity index (χ2v) is 4.33. The van der Waals surface area contributed by atoms with Crippen molar-refractivity contribution in [1.82, 2.24) is 0 Å². The van der Waals surface area contributed by atoms with Crippen molar-refractivity contribution < 1.29 is 14.6 Å². The van der Waals surface area contributed by atoms with Crippen molar-refractivity contribution in [3.8, 4) is 5.75 Å². The predicted molar refractivity (Wildman–Crippen MR) is 71.6 cm³/mol. The zero-order valence-corrected chi connectivity index (χ0v) is 10.8. The van der Waals surface area contributed by atoms with E-state index in [1.807, 2.05) is 0 Å². The Morgan fingerprint density at radius 3 is 2.67 bits per heavy atom. The molecule has 0 aliphatic rings. The number of carbonyl (C=O) groups excluding carboxylic acids is 1. The Balaban J connectivity index is 2.32. The third-order valence-electron chi connectivity index (χ3n) is 2.72. The van der Waals surface area contributed by atoms with Crippen LogP contribution in [-0.4, -0.2) is 17.7 Å². The second-order valence-electron chi connectivity index (χ2n) is 4.33. The maximum absolute atomic E-state index is 11.6. The minimum absolute atomic E-state index is 0.133. The van der Waals surface area contributed by atoms with Crippen LogP contribution in [0, 0.1) is 0 Å². The number of unbranched alkanes of at least 4 members (excludes halogenated alkanes) is 4. The molecular weight excluding hydrogens is 230 g/mol. The Bertz CT molecular complexity index is 391. The van der Waals surface area contributed by atoms with Gasteiger partial charge in [-0.05, 0) is 18.6 Å². The standard InChI is InChI=1S/C14H21NO3/c1-2-3-4-5-6-9-18-14(17)12-8-7-11(15)10-13(12)16/h7-8,10,16H,2-6,9,15H2,1H3. The van der Waals surface area contributed by atoms with Gasteiger partial charge in [0.25, 0.3) is 0 Å². The number of nitrogens with two attached hydrogens (primary N) is 1. The lowest BCUT2D eigenvalue weighted by Crippen LogP contribution is -2.07. The first-order valence-corrected chi connectivity index (χ1v) is 6.40. The number of carbonyl (C=O) groups is 1. The van der Waals surface area contributed by atoms with Gasteiger partial charge in [0.2, 0.25) is 0 Å². The van der Waals surface area contributed by atoms with E-state index in [2.05, 4.69) is 6.92 Å². The quantitative estimate of drug-likeness (QED) is 0.443. The fourth-order valence-corrected chi connectivity index (χ4v) is 1.67. The lowest BCUT2D eigenvalue weighted by molar-refractivity contribution is 0.0494. The fourth-order valence-electron chi connectivity index (χ4n) is 1.67. The third-order valence-corrected chi connectivity index (χ3v) is 2.72. The topological polar surface area (TPSA) is 72.5 Å². The van der Waals surface area contributed by atoms with Gasteiger partial charge in [-0.25, -0.2) is 4.79 Å². The largest absolute Gasteiger partial charge is 0.507 e. The summed E-state index contributed by atoms with van der Waals surface area (Å²) >= 11 is 0. The van der Waals surface area contributed by atoms with Crippen LogP contribution in [-0.2, 0) is 4.74 Å². The highest BCUT2D eigenvalue weighted by atomic mass is 16.5. The number of anilines is 1. The third kappa shape index (κ3) is 4.65. The summed E-state index contributed by atoms with van der Waals surface area (Å²) in [5.41, 5.74) is 6.07. The Morgan fingerprint density at radius 2 is 2.00 bits per heavy atom. The highest BCUT2D eigenvalue weighted by molar-refractivity contribution is 5.92. The highest BCUT2D eigenvalue weighted by Crippen LogP contribution is 2.20. The van der Waals surface area contributed by atoms with Gasteiger partial charge < -0.3 is 15.6 Å². The van der Waals surface area contributed by atoms with E-state index in [4.69, 9.17) is 10.5 Å². The lowest BCUT2D eigenvalue weighted by Gasteiger charge is -2.06. The van der Waals surface area contributed by atoms with Gasteiger partial charge in [-0.2, -0.15) is 0 Å². The van der Waals surface area contributed by atoms with Crippen LogP contribution in [0.1, 0.15) is 49.4 Å². The molecule has 4 heteroatoms. The Labute approximate surface area is 108 Å². The average molecular weight is 251 g/mol. The fraction of sp³-hybridized carbons (Fsp3) is 0.500. The number of nitrogen functional groups attached to an aromatic ring is 1. The van der Waals surface area contributed by atoms with E-state index >= 15 is 0 Å². The van der Waals surface area contributed by atoms with Gasteiger partial charge in [0.1, 0.15) is 11.3 Å². The molecule has 1 aromatic rings. The molecule has 18 heavy (non-hydrogen) atoms. The molecule has 0 aromatic heterocycles. The maximum Gasteiger partial charge on any atom is 0.341 e. The summed E-state index contributed by atoms with van der Waals surface area (Å²) in [6.45, 7) is 2.55.